The van der Waals surface area contributed by atoms with Crippen LogP contribution < -0.4 is 5.32 Å². The molecule has 0 radical (unpaired) electrons. The van der Waals surface area contributed by atoms with E-state index in [9.17, 15) is 14.9 Å². The highest BCUT2D eigenvalue weighted by molar-refractivity contribution is 7.18. The minimum Gasteiger partial charge on any atom is -0.459 e. The van der Waals surface area contributed by atoms with Gasteiger partial charge in [-0.25, -0.2) is 4.79 Å². The van der Waals surface area contributed by atoms with Crippen LogP contribution in [0.1, 0.15) is 65.5 Å². The molecule has 1 aromatic carbocycles. The van der Waals surface area contributed by atoms with Crippen LogP contribution in [0.2, 0.25) is 0 Å². The maximum atomic E-state index is 12.3. The number of nitrogens with one attached hydrogen (secondary N) is 1. The van der Waals surface area contributed by atoms with Crippen LogP contribution in [-0.2, 0) is 9.53 Å². The number of carbonyl (C=O) groups is 2. The van der Waals surface area contributed by atoms with Gasteiger partial charge >= 0.3 is 5.97 Å². The third-order valence-electron chi connectivity index (χ3n) is 4.05. The second-order valence-corrected chi connectivity index (χ2v) is 7.99. The molecule has 1 amide bonds. The molecular weight excluding hydrogens is 372 g/mol. The Morgan fingerprint density at radius 2 is 1.82 bits per heavy atom. The second-order valence-electron chi connectivity index (χ2n) is 6.97. The number of anilines is 1. The molecule has 0 aliphatic heterocycles. The molecule has 6 heteroatoms. The van der Waals surface area contributed by atoms with Crippen LogP contribution in [0.3, 0.4) is 0 Å². The predicted octanol–water partition coefficient (Wildman–Crippen LogP) is 5.27. The summed E-state index contributed by atoms with van der Waals surface area (Å²) in [6.45, 7) is 9.44. The lowest BCUT2D eigenvalue weighted by Gasteiger charge is -2.06. The summed E-state index contributed by atoms with van der Waals surface area (Å²) in [7, 11) is 0. The monoisotopic (exact) mass is 396 g/mol. The number of hydrogen-bond acceptors (Lipinski definition) is 5. The molecule has 0 atom stereocenters. The van der Waals surface area contributed by atoms with Gasteiger partial charge in [0.1, 0.15) is 15.9 Å². The van der Waals surface area contributed by atoms with Crippen LogP contribution in [0.4, 0.5) is 5.00 Å². The van der Waals surface area contributed by atoms with E-state index in [0.29, 0.717) is 21.4 Å². The Morgan fingerprint density at radius 1 is 1.18 bits per heavy atom. The highest BCUT2D eigenvalue weighted by Gasteiger charge is 2.22. The van der Waals surface area contributed by atoms with E-state index in [-0.39, 0.29) is 17.6 Å². The molecule has 0 spiro atoms. The average molecular weight is 397 g/mol. The van der Waals surface area contributed by atoms with Crippen molar-refractivity contribution in [3.63, 3.8) is 0 Å². The average Bonchev–Trinajstić information content (AvgIpc) is 2.95. The van der Waals surface area contributed by atoms with E-state index < -0.39 is 5.97 Å². The van der Waals surface area contributed by atoms with Crippen LogP contribution in [0.15, 0.2) is 30.3 Å². The van der Waals surface area contributed by atoms with E-state index in [4.69, 9.17) is 4.74 Å². The molecule has 2 aromatic rings. The largest absolute Gasteiger partial charge is 0.459 e. The van der Waals surface area contributed by atoms with E-state index >= 15 is 0 Å². The molecule has 28 heavy (non-hydrogen) atoms. The summed E-state index contributed by atoms with van der Waals surface area (Å²) >= 11 is 1.05. The molecule has 1 aromatic heterocycles. The molecule has 146 valence electrons. The maximum Gasteiger partial charge on any atom is 0.348 e. The molecule has 1 heterocycles. The molecule has 0 unspecified atom stereocenters. The SMILES string of the molecule is Cc1c(C(=O)OC(C)C)sc(NC(=O)/C=C/c2ccc(C(C)C)cc2)c1C#N. The molecule has 0 saturated carbocycles. The summed E-state index contributed by atoms with van der Waals surface area (Å²) in [5, 5.41) is 12.4. The van der Waals surface area contributed by atoms with Gasteiger partial charge in [-0.3, -0.25) is 4.79 Å². The summed E-state index contributed by atoms with van der Waals surface area (Å²) in [5.41, 5.74) is 2.93. The van der Waals surface area contributed by atoms with Crippen LogP contribution in [0.5, 0.6) is 0 Å². The van der Waals surface area contributed by atoms with Crippen molar-refractivity contribution >= 4 is 34.3 Å². The molecule has 0 saturated heterocycles. The fourth-order valence-corrected chi connectivity index (χ4v) is 3.56. The van der Waals surface area contributed by atoms with Crippen molar-refractivity contribution in [3.8, 4) is 6.07 Å². The second kappa shape index (κ2) is 9.34. The zero-order valence-corrected chi connectivity index (χ0v) is 17.5. The first-order chi connectivity index (χ1) is 13.2. The van der Waals surface area contributed by atoms with Crippen LogP contribution >= 0.6 is 11.3 Å². The highest BCUT2D eigenvalue weighted by Crippen LogP contribution is 2.33. The van der Waals surface area contributed by atoms with Crippen molar-refractivity contribution in [1.29, 1.82) is 5.26 Å². The maximum absolute atomic E-state index is 12.3. The van der Waals surface area contributed by atoms with E-state index in [2.05, 4.69) is 25.2 Å². The third kappa shape index (κ3) is 5.30. The minimum absolute atomic E-state index is 0.261. The molecule has 2 rings (SSSR count). The van der Waals surface area contributed by atoms with Gasteiger partial charge in [-0.05, 0) is 49.5 Å². The van der Waals surface area contributed by atoms with Gasteiger partial charge in [-0.2, -0.15) is 5.26 Å². The number of hydrogen-bond donors (Lipinski definition) is 1. The Morgan fingerprint density at radius 3 is 2.36 bits per heavy atom. The van der Waals surface area contributed by atoms with E-state index in [1.54, 1.807) is 26.8 Å². The molecule has 0 fully saturated rings. The number of rotatable bonds is 6. The quantitative estimate of drug-likeness (QED) is 0.533. The van der Waals surface area contributed by atoms with Crippen LogP contribution in [0, 0.1) is 18.3 Å². The molecule has 0 aliphatic carbocycles. The van der Waals surface area contributed by atoms with Gasteiger partial charge in [-0.1, -0.05) is 38.1 Å². The highest BCUT2D eigenvalue weighted by atomic mass is 32.1. The fourth-order valence-electron chi connectivity index (χ4n) is 2.52. The normalized spacial score (nSPS) is 11.1. The molecule has 5 nitrogen and oxygen atoms in total. The summed E-state index contributed by atoms with van der Waals surface area (Å²) in [4.78, 5) is 24.8. The van der Waals surface area contributed by atoms with Gasteiger partial charge in [0, 0.05) is 6.08 Å². The van der Waals surface area contributed by atoms with Crippen molar-refractivity contribution in [2.45, 2.75) is 46.6 Å². The first-order valence-electron chi connectivity index (χ1n) is 9.06. The zero-order chi connectivity index (χ0) is 20.8. The Hall–Kier alpha value is -2.91. The van der Waals surface area contributed by atoms with Gasteiger partial charge in [0.25, 0.3) is 0 Å². The van der Waals surface area contributed by atoms with Crippen molar-refractivity contribution in [1.82, 2.24) is 0 Å². The number of carbonyl (C=O) groups excluding carboxylic acids is 2. The molecule has 1 N–H and O–H groups in total. The zero-order valence-electron chi connectivity index (χ0n) is 16.7. The predicted molar refractivity (Wildman–Crippen MR) is 113 cm³/mol. The van der Waals surface area contributed by atoms with Crippen molar-refractivity contribution in [2.75, 3.05) is 5.32 Å². The minimum atomic E-state index is -0.490. The standard InChI is InChI=1S/C22H24N2O3S/c1-13(2)17-9-6-16(7-10-17)8-11-19(25)24-21-18(12-23)15(5)20(28-21)22(26)27-14(3)4/h6-11,13-14H,1-5H3,(H,24,25)/b11-8+. The number of esters is 1. The molecule has 0 bridgehead atoms. The van der Waals surface area contributed by atoms with Crippen molar-refractivity contribution < 1.29 is 14.3 Å². The van der Waals surface area contributed by atoms with Crippen LogP contribution in [-0.4, -0.2) is 18.0 Å². The van der Waals surface area contributed by atoms with Gasteiger partial charge < -0.3 is 10.1 Å². The van der Waals surface area contributed by atoms with Gasteiger partial charge in [0.05, 0.1) is 11.7 Å². The van der Waals surface area contributed by atoms with Gasteiger partial charge in [-0.15, -0.1) is 11.3 Å². The van der Waals surface area contributed by atoms with Crippen LogP contribution in [0.25, 0.3) is 6.08 Å². The smallest absolute Gasteiger partial charge is 0.348 e. The topological polar surface area (TPSA) is 79.2 Å². The number of nitriles is 1. The number of amides is 1. The van der Waals surface area contributed by atoms with E-state index in [0.717, 1.165) is 16.9 Å². The summed E-state index contributed by atoms with van der Waals surface area (Å²) < 4.78 is 5.20. The van der Waals surface area contributed by atoms with E-state index in [1.807, 2.05) is 24.3 Å². The first kappa shape index (κ1) is 21.4. The van der Waals surface area contributed by atoms with Gasteiger partial charge in [0.2, 0.25) is 5.91 Å². The summed E-state index contributed by atoms with van der Waals surface area (Å²) in [6, 6.07) is 10.0. The molecular formula is C22H24N2O3S. The fraction of sp³-hybridized carbons (Fsp3) is 0.318. The third-order valence-corrected chi connectivity index (χ3v) is 5.24. The number of ether oxygens (including phenoxy) is 1. The lowest BCUT2D eigenvalue weighted by Crippen LogP contribution is -2.11. The number of nitrogens with zero attached hydrogens (tertiary/aromatic N) is 1. The van der Waals surface area contributed by atoms with Crippen molar-refractivity contribution in [2.24, 2.45) is 0 Å². The number of benzene rings is 1. The lowest BCUT2D eigenvalue weighted by atomic mass is 10.0. The lowest BCUT2D eigenvalue weighted by molar-refractivity contribution is -0.111. The molecule has 0 aliphatic rings. The van der Waals surface area contributed by atoms with Gasteiger partial charge in [0.15, 0.2) is 0 Å². The van der Waals surface area contributed by atoms with Crippen molar-refractivity contribution in [3.05, 3.63) is 57.5 Å². The van der Waals surface area contributed by atoms with E-state index in [1.165, 1.54) is 11.6 Å². The Kier molecular flexibility index (Phi) is 7.13. The Bertz CT molecular complexity index is 932. The summed E-state index contributed by atoms with van der Waals surface area (Å²) in [5.74, 6) is -0.408. The first-order valence-corrected chi connectivity index (χ1v) is 9.88. The Balaban J connectivity index is 2.15. The summed E-state index contributed by atoms with van der Waals surface area (Å²) in [6.07, 6.45) is 2.86. The Labute approximate surface area is 169 Å². The number of thiophene rings is 1.